The minimum atomic E-state index is -1.22. The molecule has 0 spiro atoms. The molecule has 96 valence electrons. The van der Waals surface area contributed by atoms with Crippen LogP contribution in [0.15, 0.2) is 24.3 Å². The zero-order valence-electron chi connectivity index (χ0n) is 10.2. The minimum Gasteiger partial charge on any atom is -0.382 e. The molecule has 0 radical (unpaired) electrons. The first-order valence-electron chi connectivity index (χ1n) is 5.69. The molecule has 0 saturated carbocycles. The molecule has 0 aliphatic rings. The smallest absolute Gasteiger partial charge is 0.165 e. The highest BCUT2D eigenvalue weighted by Gasteiger charge is 2.20. The third-order valence-electron chi connectivity index (χ3n) is 2.89. The number of aryl methyl sites for hydroxylation is 2. The van der Waals surface area contributed by atoms with E-state index >= 15 is 0 Å². The Kier molecular flexibility index (Phi) is 3.43. The quantitative estimate of drug-likeness (QED) is 0.910. The second kappa shape index (κ2) is 4.86. The van der Waals surface area contributed by atoms with Crippen LogP contribution < -0.4 is 0 Å². The number of nitrogens with zero attached hydrogens (tertiary/aromatic N) is 2. The SMILES string of the molecule is CCc1cc(C(O)c2cccc(F)c2F)n(C)n1. The maximum absolute atomic E-state index is 13.6. The molecule has 0 fully saturated rings. The number of hydrogen-bond acceptors (Lipinski definition) is 2. The Morgan fingerprint density at radius 1 is 1.39 bits per heavy atom. The van der Waals surface area contributed by atoms with E-state index in [0.29, 0.717) is 12.1 Å². The first-order chi connectivity index (χ1) is 8.54. The molecule has 0 bridgehead atoms. The van der Waals surface area contributed by atoms with E-state index in [4.69, 9.17) is 0 Å². The summed E-state index contributed by atoms with van der Waals surface area (Å²) in [4.78, 5) is 0. The lowest BCUT2D eigenvalue weighted by Crippen LogP contribution is -2.09. The molecule has 1 aromatic heterocycles. The van der Waals surface area contributed by atoms with E-state index in [2.05, 4.69) is 5.10 Å². The summed E-state index contributed by atoms with van der Waals surface area (Å²) in [6.45, 7) is 1.93. The first kappa shape index (κ1) is 12.7. The average molecular weight is 252 g/mol. The van der Waals surface area contributed by atoms with E-state index in [9.17, 15) is 13.9 Å². The Hall–Kier alpha value is -1.75. The molecule has 1 heterocycles. The third-order valence-corrected chi connectivity index (χ3v) is 2.89. The van der Waals surface area contributed by atoms with E-state index in [-0.39, 0.29) is 5.56 Å². The molecule has 1 N–H and O–H groups in total. The van der Waals surface area contributed by atoms with Gasteiger partial charge in [0.15, 0.2) is 11.6 Å². The van der Waals surface area contributed by atoms with Crippen molar-refractivity contribution in [1.82, 2.24) is 9.78 Å². The van der Waals surface area contributed by atoms with E-state index in [0.717, 1.165) is 11.8 Å². The van der Waals surface area contributed by atoms with Crippen LogP contribution in [0.2, 0.25) is 0 Å². The average Bonchev–Trinajstić information content (AvgIpc) is 2.73. The standard InChI is InChI=1S/C13H14F2N2O/c1-3-8-7-11(17(2)16-8)13(18)9-5-4-6-10(14)12(9)15/h4-7,13,18H,3H2,1-2H3. The van der Waals surface area contributed by atoms with Crippen LogP contribution in [-0.4, -0.2) is 14.9 Å². The molecular weight excluding hydrogens is 238 g/mol. The number of aliphatic hydroxyl groups is 1. The number of halogens is 2. The topological polar surface area (TPSA) is 38.0 Å². The van der Waals surface area contributed by atoms with Gasteiger partial charge in [-0.05, 0) is 18.6 Å². The molecule has 18 heavy (non-hydrogen) atoms. The zero-order chi connectivity index (χ0) is 13.3. The molecule has 0 aliphatic carbocycles. The van der Waals surface area contributed by atoms with Crippen LogP contribution in [0.4, 0.5) is 8.78 Å². The Bertz CT molecular complexity index is 566. The predicted molar refractivity (Wildman–Crippen MR) is 63.0 cm³/mol. The minimum absolute atomic E-state index is 0.0827. The van der Waals surface area contributed by atoms with Gasteiger partial charge in [0, 0.05) is 12.6 Å². The van der Waals surface area contributed by atoms with Crippen molar-refractivity contribution in [2.24, 2.45) is 7.05 Å². The number of rotatable bonds is 3. The highest BCUT2D eigenvalue weighted by atomic mass is 19.2. The molecule has 2 rings (SSSR count). The lowest BCUT2D eigenvalue weighted by molar-refractivity contribution is 0.203. The molecule has 5 heteroatoms. The van der Waals surface area contributed by atoms with Gasteiger partial charge in [-0.2, -0.15) is 5.10 Å². The van der Waals surface area contributed by atoms with Crippen LogP contribution in [0.3, 0.4) is 0 Å². The fraction of sp³-hybridized carbons (Fsp3) is 0.308. The fourth-order valence-electron chi connectivity index (χ4n) is 1.86. The predicted octanol–water partition coefficient (Wildman–Crippen LogP) is 2.34. The van der Waals surface area contributed by atoms with Crippen molar-refractivity contribution in [1.29, 1.82) is 0 Å². The summed E-state index contributed by atoms with van der Waals surface area (Å²) in [5.41, 5.74) is 1.15. The second-order valence-electron chi connectivity index (χ2n) is 4.08. The van der Waals surface area contributed by atoms with Crippen molar-refractivity contribution >= 4 is 0 Å². The molecular formula is C13H14F2N2O. The molecule has 0 aliphatic heterocycles. The van der Waals surface area contributed by atoms with Crippen LogP contribution in [0.25, 0.3) is 0 Å². The van der Waals surface area contributed by atoms with Crippen molar-refractivity contribution in [3.8, 4) is 0 Å². The summed E-state index contributed by atoms with van der Waals surface area (Å²) in [5.74, 6) is -1.99. The Labute approximate surface area is 104 Å². The number of aliphatic hydroxyl groups excluding tert-OH is 1. The normalized spacial score (nSPS) is 12.7. The Morgan fingerprint density at radius 2 is 2.11 bits per heavy atom. The monoisotopic (exact) mass is 252 g/mol. The van der Waals surface area contributed by atoms with Gasteiger partial charge >= 0.3 is 0 Å². The summed E-state index contributed by atoms with van der Waals surface area (Å²) in [6, 6.07) is 5.44. The summed E-state index contributed by atoms with van der Waals surface area (Å²) < 4.78 is 28.2. The van der Waals surface area contributed by atoms with Gasteiger partial charge in [0.25, 0.3) is 0 Å². The molecule has 1 unspecified atom stereocenters. The lowest BCUT2D eigenvalue weighted by Gasteiger charge is -2.12. The Morgan fingerprint density at radius 3 is 2.72 bits per heavy atom. The molecule has 2 aromatic rings. The number of hydrogen-bond donors (Lipinski definition) is 1. The maximum atomic E-state index is 13.6. The summed E-state index contributed by atoms with van der Waals surface area (Å²) in [5, 5.41) is 14.3. The van der Waals surface area contributed by atoms with Crippen LogP contribution in [0, 0.1) is 11.6 Å². The van der Waals surface area contributed by atoms with E-state index in [1.807, 2.05) is 6.92 Å². The highest BCUT2D eigenvalue weighted by molar-refractivity contribution is 5.29. The van der Waals surface area contributed by atoms with Crippen LogP contribution in [-0.2, 0) is 13.5 Å². The highest BCUT2D eigenvalue weighted by Crippen LogP contribution is 2.25. The van der Waals surface area contributed by atoms with Gasteiger partial charge in [-0.3, -0.25) is 4.68 Å². The Balaban J connectivity index is 2.44. The van der Waals surface area contributed by atoms with E-state index in [1.165, 1.54) is 16.8 Å². The van der Waals surface area contributed by atoms with E-state index in [1.54, 1.807) is 13.1 Å². The van der Waals surface area contributed by atoms with Gasteiger partial charge < -0.3 is 5.11 Å². The van der Waals surface area contributed by atoms with Crippen LogP contribution >= 0.6 is 0 Å². The lowest BCUT2D eigenvalue weighted by atomic mass is 10.1. The van der Waals surface area contributed by atoms with Gasteiger partial charge in [-0.1, -0.05) is 19.1 Å². The molecule has 0 saturated heterocycles. The van der Waals surface area contributed by atoms with Gasteiger partial charge in [0.05, 0.1) is 11.4 Å². The summed E-state index contributed by atoms with van der Waals surface area (Å²) in [7, 11) is 1.66. The van der Waals surface area contributed by atoms with Crippen molar-refractivity contribution in [2.45, 2.75) is 19.4 Å². The van der Waals surface area contributed by atoms with Gasteiger partial charge in [-0.25, -0.2) is 8.78 Å². The van der Waals surface area contributed by atoms with Gasteiger partial charge in [-0.15, -0.1) is 0 Å². The van der Waals surface area contributed by atoms with Crippen molar-refractivity contribution in [3.05, 3.63) is 52.9 Å². The maximum Gasteiger partial charge on any atom is 0.165 e. The fourth-order valence-corrected chi connectivity index (χ4v) is 1.86. The molecule has 0 amide bonds. The van der Waals surface area contributed by atoms with E-state index < -0.39 is 17.7 Å². The molecule has 1 atom stereocenters. The molecule has 3 nitrogen and oxygen atoms in total. The third kappa shape index (κ3) is 2.13. The van der Waals surface area contributed by atoms with Crippen molar-refractivity contribution < 1.29 is 13.9 Å². The van der Waals surface area contributed by atoms with Gasteiger partial charge in [0.2, 0.25) is 0 Å². The van der Waals surface area contributed by atoms with Crippen molar-refractivity contribution in [3.63, 3.8) is 0 Å². The second-order valence-corrected chi connectivity index (χ2v) is 4.08. The summed E-state index contributed by atoms with van der Waals surface area (Å²) >= 11 is 0. The van der Waals surface area contributed by atoms with Crippen LogP contribution in [0.1, 0.15) is 30.0 Å². The van der Waals surface area contributed by atoms with Crippen LogP contribution in [0.5, 0.6) is 0 Å². The largest absolute Gasteiger partial charge is 0.382 e. The van der Waals surface area contributed by atoms with Crippen molar-refractivity contribution in [2.75, 3.05) is 0 Å². The zero-order valence-corrected chi connectivity index (χ0v) is 10.2. The molecule has 1 aromatic carbocycles. The number of benzene rings is 1. The van der Waals surface area contributed by atoms with Gasteiger partial charge in [0.1, 0.15) is 6.10 Å². The number of aromatic nitrogens is 2. The first-order valence-corrected chi connectivity index (χ1v) is 5.69. The summed E-state index contributed by atoms with van der Waals surface area (Å²) in [6.07, 6.45) is -0.509.